The Morgan fingerprint density at radius 3 is 2.20 bits per heavy atom. The average molecular weight is 306 g/mol. The highest BCUT2D eigenvalue weighted by atomic mass is 35.5. The maximum Gasteiger partial charge on any atom is 0.241 e. The fourth-order valence-electron chi connectivity index (χ4n) is 2.21. The lowest BCUT2D eigenvalue weighted by Crippen LogP contribution is -2.46. The highest BCUT2D eigenvalue weighted by molar-refractivity contribution is 5.87. The van der Waals surface area contributed by atoms with Gasteiger partial charge in [0.05, 0.1) is 6.54 Å². The van der Waals surface area contributed by atoms with Gasteiger partial charge in [0.1, 0.15) is 0 Å². The molecule has 2 amide bonds. The summed E-state index contributed by atoms with van der Waals surface area (Å²) < 4.78 is 0. The Morgan fingerprint density at radius 2 is 1.75 bits per heavy atom. The summed E-state index contributed by atoms with van der Waals surface area (Å²) in [7, 11) is 1.96. The fourth-order valence-corrected chi connectivity index (χ4v) is 2.21. The Kier molecular flexibility index (Phi) is 8.13. The molecule has 1 saturated heterocycles. The molecular formula is C14H28ClN3O2. The second-order valence-electron chi connectivity index (χ2n) is 6.31. The zero-order valence-corrected chi connectivity index (χ0v) is 13.8. The van der Waals surface area contributed by atoms with E-state index in [0.717, 1.165) is 32.5 Å². The number of carbonyl (C=O) groups is 2. The third-order valence-electron chi connectivity index (χ3n) is 3.54. The summed E-state index contributed by atoms with van der Waals surface area (Å²) in [4.78, 5) is 25.5. The number of hydrogen-bond acceptors (Lipinski definition) is 3. The van der Waals surface area contributed by atoms with E-state index in [1.165, 1.54) is 0 Å². The Labute approximate surface area is 128 Å². The molecule has 2 N–H and O–H groups in total. The van der Waals surface area contributed by atoms with E-state index in [1.54, 1.807) is 0 Å². The minimum Gasteiger partial charge on any atom is -0.347 e. The third kappa shape index (κ3) is 6.09. The maximum atomic E-state index is 12.0. The molecule has 0 radical (unpaired) electrons. The Hall–Kier alpha value is -0.810. The second-order valence-corrected chi connectivity index (χ2v) is 6.31. The topological polar surface area (TPSA) is 61.4 Å². The van der Waals surface area contributed by atoms with Crippen molar-refractivity contribution in [2.24, 2.45) is 11.3 Å². The lowest BCUT2D eigenvalue weighted by molar-refractivity contribution is -0.136. The Morgan fingerprint density at radius 1 is 1.20 bits per heavy atom. The number of carbonyl (C=O) groups excluding carboxylic acids is 2. The summed E-state index contributed by atoms with van der Waals surface area (Å²) in [6.07, 6.45) is 2.08. The first-order valence-corrected chi connectivity index (χ1v) is 7.05. The molecule has 0 aromatic rings. The van der Waals surface area contributed by atoms with Gasteiger partial charge >= 0.3 is 0 Å². The first-order chi connectivity index (χ1) is 8.84. The Bertz CT molecular complexity index is 321. The number of rotatable bonds is 4. The number of nitrogens with one attached hydrogen (secondary N) is 2. The molecule has 0 saturated carbocycles. The molecule has 6 heteroatoms. The molecule has 0 aliphatic carbocycles. The van der Waals surface area contributed by atoms with E-state index in [9.17, 15) is 9.59 Å². The van der Waals surface area contributed by atoms with Crippen LogP contribution < -0.4 is 10.6 Å². The zero-order valence-electron chi connectivity index (χ0n) is 13.0. The van der Waals surface area contributed by atoms with Crippen molar-refractivity contribution in [2.45, 2.75) is 33.6 Å². The quantitative estimate of drug-likeness (QED) is 0.815. The van der Waals surface area contributed by atoms with E-state index in [2.05, 4.69) is 10.6 Å². The fraction of sp³-hybridized carbons (Fsp3) is 0.857. The highest BCUT2D eigenvalue weighted by Crippen LogP contribution is 2.16. The van der Waals surface area contributed by atoms with E-state index < -0.39 is 5.41 Å². The van der Waals surface area contributed by atoms with Crippen molar-refractivity contribution in [3.8, 4) is 0 Å². The number of hydrogen-bond donors (Lipinski definition) is 2. The molecule has 118 valence electrons. The first-order valence-electron chi connectivity index (χ1n) is 7.05. The van der Waals surface area contributed by atoms with Crippen molar-refractivity contribution in [2.75, 3.05) is 33.2 Å². The largest absolute Gasteiger partial charge is 0.347 e. The van der Waals surface area contributed by atoms with Crippen LogP contribution in [0.2, 0.25) is 0 Å². The molecule has 0 atom stereocenters. The summed E-state index contributed by atoms with van der Waals surface area (Å²) in [6, 6.07) is 0. The van der Waals surface area contributed by atoms with E-state index in [4.69, 9.17) is 0 Å². The van der Waals surface area contributed by atoms with Crippen molar-refractivity contribution in [1.82, 2.24) is 15.5 Å². The molecular weight excluding hydrogens is 278 g/mol. The predicted molar refractivity (Wildman–Crippen MR) is 82.9 cm³/mol. The van der Waals surface area contributed by atoms with Crippen LogP contribution in [0.4, 0.5) is 0 Å². The molecule has 0 spiro atoms. The zero-order chi connectivity index (χ0) is 14.5. The van der Waals surface area contributed by atoms with Crippen molar-refractivity contribution in [1.29, 1.82) is 0 Å². The molecule has 1 rings (SSSR count). The number of piperidine rings is 1. The van der Waals surface area contributed by atoms with Gasteiger partial charge in [0.25, 0.3) is 0 Å². The summed E-state index contributed by atoms with van der Waals surface area (Å²) >= 11 is 0. The van der Waals surface area contributed by atoms with Crippen molar-refractivity contribution in [3.63, 3.8) is 0 Å². The lowest BCUT2D eigenvalue weighted by atomic mass is 9.95. The van der Waals surface area contributed by atoms with Crippen LogP contribution in [0, 0.1) is 11.3 Å². The molecule has 1 fully saturated rings. The summed E-state index contributed by atoms with van der Waals surface area (Å²) in [5.74, 6) is 0.615. The van der Waals surface area contributed by atoms with Gasteiger partial charge in [-0.1, -0.05) is 20.8 Å². The monoisotopic (exact) mass is 305 g/mol. The standard InChI is InChI=1S/C14H27N3O2.ClH/c1-14(2,3)13(19)16-10-12(18)17-7-5-11(6-8-17)9-15-4;/h11,15H,5-10H2,1-4H3,(H,16,19);1H. The van der Waals surface area contributed by atoms with Crippen molar-refractivity contribution < 1.29 is 9.59 Å². The summed E-state index contributed by atoms with van der Waals surface area (Å²) in [5, 5.41) is 5.89. The van der Waals surface area contributed by atoms with Gasteiger partial charge in [0.2, 0.25) is 11.8 Å². The lowest BCUT2D eigenvalue weighted by Gasteiger charge is -2.32. The van der Waals surface area contributed by atoms with Gasteiger partial charge in [0, 0.05) is 18.5 Å². The summed E-state index contributed by atoms with van der Waals surface area (Å²) in [5.41, 5.74) is -0.444. The molecule has 0 bridgehead atoms. The molecule has 5 nitrogen and oxygen atoms in total. The van der Waals surface area contributed by atoms with Crippen LogP contribution in [0.5, 0.6) is 0 Å². The van der Waals surface area contributed by atoms with Gasteiger partial charge in [-0.3, -0.25) is 9.59 Å². The number of likely N-dealkylation sites (tertiary alicyclic amines) is 1. The van der Waals surface area contributed by atoms with Crippen LogP contribution in [0.25, 0.3) is 0 Å². The molecule has 0 unspecified atom stereocenters. The van der Waals surface area contributed by atoms with Gasteiger partial charge in [-0.25, -0.2) is 0 Å². The normalized spacial score (nSPS) is 16.5. The highest BCUT2D eigenvalue weighted by Gasteiger charge is 2.25. The molecule has 0 aromatic heterocycles. The van der Waals surface area contributed by atoms with Gasteiger partial charge in [-0.05, 0) is 32.4 Å². The molecule has 1 aliphatic heterocycles. The van der Waals surface area contributed by atoms with Gasteiger partial charge in [-0.2, -0.15) is 0 Å². The van der Waals surface area contributed by atoms with Crippen molar-refractivity contribution in [3.05, 3.63) is 0 Å². The van der Waals surface area contributed by atoms with Crippen LogP contribution in [0.3, 0.4) is 0 Å². The van der Waals surface area contributed by atoms with Crippen molar-refractivity contribution >= 4 is 24.2 Å². The SMILES string of the molecule is CNCC1CCN(C(=O)CNC(=O)C(C)(C)C)CC1.Cl. The molecule has 1 heterocycles. The number of nitrogens with zero attached hydrogens (tertiary/aromatic N) is 1. The Balaban J connectivity index is 0.00000361. The molecule has 0 aromatic carbocycles. The third-order valence-corrected chi connectivity index (χ3v) is 3.54. The van der Waals surface area contributed by atoms with E-state index in [1.807, 2.05) is 32.7 Å². The number of halogens is 1. The number of amides is 2. The van der Waals surface area contributed by atoms with Crippen LogP contribution in [0.15, 0.2) is 0 Å². The van der Waals surface area contributed by atoms with Crippen LogP contribution >= 0.6 is 12.4 Å². The predicted octanol–water partition coefficient (Wildman–Crippen LogP) is 1.03. The van der Waals surface area contributed by atoms with Gasteiger partial charge in [0.15, 0.2) is 0 Å². The first kappa shape index (κ1) is 19.2. The van der Waals surface area contributed by atoms with E-state index in [0.29, 0.717) is 5.92 Å². The van der Waals surface area contributed by atoms with Gasteiger partial charge < -0.3 is 15.5 Å². The van der Waals surface area contributed by atoms with Crippen LogP contribution in [0.1, 0.15) is 33.6 Å². The minimum absolute atomic E-state index is 0. The second kappa shape index (κ2) is 8.47. The molecule has 1 aliphatic rings. The smallest absolute Gasteiger partial charge is 0.241 e. The van der Waals surface area contributed by atoms with E-state index in [-0.39, 0.29) is 30.8 Å². The molecule has 20 heavy (non-hydrogen) atoms. The summed E-state index contributed by atoms with van der Waals surface area (Å²) in [6.45, 7) is 8.27. The minimum atomic E-state index is -0.444. The van der Waals surface area contributed by atoms with Gasteiger partial charge in [-0.15, -0.1) is 12.4 Å². The van der Waals surface area contributed by atoms with Crippen LogP contribution in [-0.2, 0) is 9.59 Å². The van der Waals surface area contributed by atoms with E-state index >= 15 is 0 Å². The maximum absolute atomic E-state index is 12.0. The average Bonchev–Trinajstić information content (AvgIpc) is 2.35. The van der Waals surface area contributed by atoms with Crippen LogP contribution in [-0.4, -0.2) is 49.9 Å².